The van der Waals surface area contributed by atoms with Crippen LogP contribution in [0.5, 0.6) is 17.2 Å². The van der Waals surface area contributed by atoms with E-state index in [1.165, 1.54) is 0 Å². The van der Waals surface area contributed by atoms with Gasteiger partial charge in [0.05, 0.1) is 21.3 Å². The summed E-state index contributed by atoms with van der Waals surface area (Å²) in [7, 11) is 4.66. The van der Waals surface area contributed by atoms with Crippen molar-refractivity contribution >= 4 is 5.78 Å². The summed E-state index contributed by atoms with van der Waals surface area (Å²) in [5, 5.41) is 0. The first-order chi connectivity index (χ1) is 11.2. The lowest BCUT2D eigenvalue weighted by Crippen LogP contribution is -2.08. The Labute approximate surface area is 134 Å². The third-order valence-electron chi connectivity index (χ3n) is 3.82. The summed E-state index contributed by atoms with van der Waals surface area (Å²) in [5.74, 6) is 1.58. The Kier molecular flexibility index (Phi) is 4.21. The van der Waals surface area contributed by atoms with Crippen molar-refractivity contribution in [3.8, 4) is 17.2 Å². The first kappa shape index (κ1) is 15.4. The molecule has 1 aliphatic rings. The van der Waals surface area contributed by atoms with E-state index in [-0.39, 0.29) is 11.9 Å². The molecule has 0 aliphatic carbocycles. The predicted molar refractivity (Wildman–Crippen MR) is 84.5 cm³/mol. The fourth-order valence-corrected chi connectivity index (χ4v) is 2.60. The number of ketones is 1. The second-order valence-corrected chi connectivity index (χ2v) is 5.17. The smallest absolute Gasteiger partial charge is 0.203 e. The van der Waals surface area contributed by atoms with Gasteiger partial charge in [-0.3, -0.25) is 4.79 Å². The van der Waals surface area contributed by atoms with Crippen LogP contribution in [-0.4, -0.2) is 33.2 Å². The SMILES string of the molecule is COc1cc([C@@H]2O[C@H]2C(=O)c2ccccc2)cc(OC)c1OC. The van der Waals surface area contributed by atoms with E-state index in [4.69, 9.17) is 18.9 Å². The highest BCUT2D eigenvalue weighted by atomic mass is 16.6. The third kappa shape index (κ3) is 2.87. The second-order valence-electron chi connectivity index (χ2n) is 5.17. The zero-order valence-corrected chi connectivity index (χ0v) is 13.2. The van der Waals surface area contributed by atoms with Gasteiger partial charge in [-0.05, 0) is 17.7 Å². The van der Waals surface area contributed by atoms with E-state index in [2.05, 4.69) is 0 Å². The average molecular weight is 314 g/mol. The topological polar surface area (TPSA) is 57.3 Å². The van der Waals surface area contributed by atoms with Crippen molar-refractivity contribution in [1.29, 1.82) is 0 Å². The molecule has 5 heteroatoms. The van der Waals surface area contributed by atoms with Gasteiger partial charge < -0.3 is 18.9 Å². The van der Waals surface area contributed by atoms with Crippen LogP contribution in [0.2, 0.25) is 0 Å². The lowest BCUT2D eigenvalue weighted by atomic mass is 10.0. The van der Waals surface area contributed by atoms with Crippen molar-refractivity contribution in [3.63, 3.8) is 0 Å². The van der Waals surface area contributed by atoms with Gasteiger partial charge in [0.25, 0.3) is 0 Å². The zero-order valence-electron chi connectivity index (χ0n) is 13.2. The monoisotopic (exact) mass is 314 g/mol. The molecule has 0 bridgehead atoms. The van der Waals surface area contributed by atoms with E-state index in [0.29, 0.717) is 22.8 Å². The molecular formula is C18H18O5. The van der Waals surface area contributed by atoms with Crippen LogP contribution in [0.1, 0.15) is 22.0 Å². The van der Waals surface area contributed by atoms with Crippen molar-refractivity contribution in [2.24, 2.45) is 0 Å². The maximum Gasteiger partial charge on any atom is 0.203 e. The van der Waals surface area contributed by atoms with Crippen LogP contribution in [0.4, 0.5) is 0 Å². The Morgan fingerprint density at radius 2 is 1.57 bits per heavy atom. The van der Waals surface area contributed by atoms with Gasteiger partial charge in [-0.2, -0.15) is 0 Å². The number of ether oxygens (including phenoxy) is 4. The number of carbonyl (C=O) groups is 1. The first-order valence-corrected chi connectivity index (χ1v) is 7.24. The molecule has 3 rings (SSSR count). The molecule has 2 aromatic carbocycles. The molecule has 0 N–H and O–H groups in total. The molecule has 23 heavy (non-hydrogen) atoms. The van der Waals surface area contributed by atoms with Crippen LogP contribution in [0, 0.1) is 0 Å². The molecule has 2 atom stereocenters. The van der Waals surface area contributed by atoms with Gasteiger partial charge in [-0.25, -0.2) is 0 Å². The zero-order chi connectivity index (χ0) is 16.4. The molecule has 0 aromatic heterocycles. The van der Waals surface area contributed by atoms with Crippen LogP contribution >= 0.6 is 0 Å². The quantitative estimate of drug-likeness (QED) is 0.606. The summed E-state index contributed by atoms with van der Waals surface area (Å²) in [5.41, 5.74) is 1.47. The number of hydrogen-bond donors (Lipinski definition) is 0. The van der Waals surface area contributed by atoms with Crippen LogP contribution in [-0.2, 0) is 4.74 Å². The minimum Gasteiger partial charge on any atom is -0.493 e. The Bertz CT molecular complexity index is 686. The number of methoxy groups -OCH3 is 3. The first-order valence-electron chi connectivity index (χ1n) is 7.24. The summed E-state index contributed by atoms with van der Waals surface area (Å²) in [6.07, 6.45) is -0.767. The van der Waals surface area contributed by atoms with E-state index in [0.717, 1.165) is 5.56 Å². The van der Waals surface area contributed by atoms with E-state index < -0.39 is 6.10 Å². The fourth-order valence-electron chi connectivity index (χ4n) is 2.60. The van der Waals surface area contributed by atoms with Gasteiger partial charge in [0.2, 0.25) is 5.75 Å². The normalized spacial score (nSPS) is 19.1. The van der Waals surface area contributed by atoms with Crippen LogP contribution < -0.4 is 14.2 Å². The van der Waals surface area contributed by atoms with Gasteiger partial charge in [-0.1, -0.05) is 30.3 Å². The average Bonchev–Trinajstić information content (AvgIpc) is 3.41. The van der Waals surface area contributed by atoms with E-state index in [1.807, 2.05) is 30.3 Å². The standard InChI is InChI=1S/C18H18O5/c1-20-13-9-12(10-14(21-2)17(13)22-3)16-18(23-16)15(19)11-7-5-4-6-8-11/h4-10,16,18H,1-3H3/t16-,18-/m0/s1. The predicted octanol–water partition coefficient (Wildman–Crippen LogP) is 3.04. The van der Waals surface area contributed by atoms with Gasteiger partial charge in [0.15, 0.2) is 23.4 Å². The number of carbonyl (C=O) groups excluding carboxylic acids is 1. The van der Waals surface area contributed by atoms with Gasteiger partial charge in [-0.15, -0.1) is 0 Å². The Balaban J connectivity index is 1.85. The lowest BCUT2D eigenvalue weighted by molar-refractivity contribution is 0.0953. The molecule has 1 fully saturated rings. The molecule has 5 nitrogen and oxygen atoms in total. The fraction of sp³-hybridized carbons (Fsp3) is 0.278. The summed E-state index contributed by atoms with van der Waals surface area (Å²) in [4.78, 5) is 12.4. The molecule has 0 amide bonds. The van der Waals surface area contributed by atoms with Crippen LogP contribution in [0.15, 0.2) is 42.5 Å². The van der Waals surface area contributed by atoms with Gasteiger partial charge in [0, 0.05) is 5.56 Å². The Hall–Kier alpha value is -2.53. The van der Waals surface area contributed by atoms with Crippen LogP contribution in [0.3, 0.4) is 0 Å². The molecule has 0 spiro atoms. The maximum atomic E-state index is 12.4. The number of hydrogen-bond acceptors (Lipinski definition) is 5. The number of rotatable bonds is 6. The Morgan fingerprint density at radius 3 is 2.09 bits per heavy atom. The highest BCUT2D eigenvalue weighted by Crippen LogP contribution is 2.46. The summed E-state index contributed by atoms with van der Waals surface area (Å²) >= 11 is 0. The van der Waals surface area contributed by atoms with E-state index in [1.54, 1.807) is 33.5 Å². The lowest BCUT2D eigenvalue weighted by Gasteiger charge is -2.13. The molecule has 1 saturated heterocycles. The number of Topliss-reactive ketones (excluding diaryl/α,β-unsaturated/α-hetero) is 1. The molecule has 0 radical (unpaired) electrons. The highest BCUT2D eigenvalue weighted by Gasteiger charge is 2.46. The maximum absolute atomic E-state index is 12.4. The molecular weight excluding hydrogens is 296 g/mol. The van der Waals surface area contributed by atoms with Crippen molar-refractivity contribution in [1.82, 2.24) is 0 Å². The minimum atomic E-state index is -0.472. The Morgan fingerprint density at radius 1 is 0.957 bits per heavy atom. The number of benzene rings is 2. The van der Waals surface area contributed by atoms with Gasteiger partial charge >= 0.3 is 0 Å². The van der Waals surface area contributed by atoms with Crippen LogP contribution in [0.25, 0.3) is 0 Å². The van der Waals surface area contributed by atoms with Crippen molar-refractivity contribution in [3.05, 3.63) is 53.6 Å². The van der Waals surface area contributed by atoms with Crippen molar-refractivity contribution in [2.75, 3.05) is 21.3 Å². The molecule has 1 aliphatic heterocycles. The molecule has 1 heterocycles. The summed E-state index contributed by atoms with van der Waals surface area (Å²) < 4.78 is 21.6. The van der Waals surface area contributed by atoms with E-state index in [9.17, 15) is 4.79 Å². The molecule has 0 unspecified atom stereocenters. The molecule has 2 aromatic rings. The van der Waals surface area contributed by atoms with Gasteiger partial charge in [0.1, 0.15) is 6.10 Å². The second kappa shape index (κ2) is 6.30. The highest BCUT2D eigenvalue weighted by molar-refractivity contribution is 6.01. The molecule has 0 saturated carbocycles. The third-order valence-corrected chi connectivity index (χ3v) is 3.82. The minimum absolute atomic E-state index is 0.0237. The van der Waals surface area contributed by atoms with E-state index >= 15 is 0 Å². The summed E-state index contributed by atoms with van der Waals surface area (Å²) in [6.45, 7) is 0. The summed E-state index contributed by atoms with van der Waals surface area (Å²) in [6, 6.07) is 12.7. The van der Waals surface area contributed by atoms with Crippen molar-refractivity contribution in [2.45, 2.75) is 12.2 Å². The largest absolute Gasteiger partial charge is 0.493 e. The van der Waals surface area contributed by atoms with Crippen molar-refractivity contribution < 1.29 is 23.7 Å². The number of epoxide rings is 1. The molecule has 120 valence electrons.